The molecule has 0 aliphatic rings. The van der Waals surface area contributed by atoms with Crippen molar-refractivity contribution in [2.24, 2.45) is 0 Å². The van der Waals surface area contributed by atoms with Gasteiger partial charge in [0.05, 0.1) is 0 Å². The van der Waals surface area contributed by atoms with Crippen LogP contribution in [0.1, 0.15) is 11.7 Å². The maximum absolute atomic E-state index is 5.60. The number of benzene rings is 1. The van der Waals surface area contributed by atoms with Gasteiger partial charge in [0, 0.05) is 18.7 Å². The molecule has 5 heteroatoms. The fourth-order valence-corrected chi connectivity index (χ4v) is 1.15. The van der Waals surface area contributed by atoms with Crippen LogP contribution in [0.2, 0.25) is 0 Å². The minimum absolute atomic E-state index is 0.279. The Morgan fingerprint density at radius 2 is 2.33 bits per heavy atom. The topological polar surface area (TPSA) is 74.2 Å². The molecule has 5 nitrogen and oxygen atoms in total. The molecule has 1 heterocycles. The van der Waals surface area contributed by atoms with Crippen molar-refractivity contribution in [3.63, 3.8) is 0 Å². The van der Waals surface area contributed by atoms with Crippen molar-refractivity contribution < 1.29 is 9.26 Å². The van der Waals surface area contributed by atoms with Crippen LogP contribution in [0.25, 0.3) is 0 Å². The molecule has 78 valence electrons. The third-order valence-corrected chi connectivity index (χ3v) is 1.80. The van der Waals surface area contributed by atoms with Crippen LogP contribution in [0.15, 0.2) is 28.8 Å². The maximum atomic E-state index is 5.60. The van der Waals surface area contributed by atoms with Crippen LogP contribution < -0.4 is 10.5 Å². The van der Waals surface area contributed by atoms with E-state index in [9.17, 15) is 0 Å². The van der Waals surface area contributed by atoms with E-state index in [4.69, 9.17) is 15.0 Å². The predicted molar refractivity (Wildman–Crippen MR) is 54.2 cm³/mol. The number of nitrogens with two attached hydrogens (primary N) is 1. The van der Waals surface area contributed by atoms with Crippen molar-refractivity contribution in [2.45, 2.75) is 13.5 Å². The average molecular weight is 205 g/mol. The molecule has 0 spiro atoms. The fraction of sp³-hybridized carbons (Fsp3) is 0.200. The van der Waals surface area contributed by atoms with Crippen molar-refractivity contribution >= 4 is 5.69 Å². The number of ether oxygens (including phenoxy) is 1. The van der Waals surface area contributed by atoms with Crippen LogP contribution in [0, 0.1) is 6.92 Å². The van der Waals surface area contributed by atoms with Crippen molar-refractivity contribution in [1.82, 2.24) is 10.1 Å². The Balaban J connectivity index is 1.99. The van der Waals surface area contributed by atoms with Gasteiger partial charge in [0.1, 0.15) is 5.75 Å². The summed E-state index contributed by atoms with van der Waals surface area (Å²) in [5.74, 6) is 1.74. The number of aryl methyl sites for hydroxylation is 1. The summed E-state index contributed by atoms with van der Waals surface area (Å²) < 4.78 is 10.2. The highest BCUT2D eigenvalue weighted by molar-refractivity contribution is 5.43. The zero-order chi connectivity index (χ0) is 10.7. The van der Waals surface area contributed by atoms with Crippen molar-refractivity contribution in [3.05, 3.63) is 36.0 Å². The van der Waals surface area contributed by atoms with Gasteiger partial charge in [-0.05, 0) is 12.1 Å². The largest absolute Gasteiger partial charge is 0.485 e. The van der Waals surface area contributed by atoms with E-state index in [1.165, 1.54) is 0 Å². The Morgan fingerprint density at radius 1 is 1.47 bits per heavy atom. The van der Waals surface area contributed by atoms with E-state index < -0.39 is 0 Å². The molecule has 0 saturated heterocycles. The van der Waals surface area contributed by atoms with Crippen LogP contribution in [-0.2, 0) is 6.61 Å². The predicted octanol–water partition coefficient (Wildman–Crippen LogP) is 1.54. The molecule has 0 aliphatic carbocycles. The summed E-state index contributed by atoms with van der Waals surface area (Å²) in [4.78, 5) is 4.01. The van der Waals surface area contributed by atoms with Gasteiger partial charge in [-0.2, -0.15) is 4.98 Å². The Labute approximate surface area is 86.9 Å². The Kier molecular flexibility index (Phi) is 2.53. The standard InChI is InChI=1S/C10H11N3O2/c1-7-12-10(13-15-7)6-14-9-4-2-3-8(11)5-9/h2-5H,6,11H2,1H3. The van der Waals surface area contributed by atoms with E-state index in [0.717, 1.165) is 0 Å². The molecule has 2 N–H and O–H groups in total. The number of aromatic nitrogens is 2. The lowest BCUT2D eigenvalue weighted by Crippen LogP contribution is -1.98. The molecule has 0 saturated carbocycles. The third-order valence-electron chi connectivity index (χ3n) is 1.80. The van der Waals surface area contributed by atoms with Crippen LogP contribution in [0.5, 0.6) is 5.75 Å². The van der Waals surface area contributed by atoms with E-state index in [1.807, 2.05) is 12.1 Å². The van der Waals surface area contributed by atoms with E-state index in [0.29, 0.717) is 23.2 Å². The number of hydrogen-bond donors (Lipinski definition) is 1. The first-order chi connectivity index (χ1) is 7.24. The smallest absolute Gasteiger partial charge is 0.223 e. The van der Waals surface area contributed by atoms with Crippen LogP contribution >= 0.6 is 0 Å². The van der Waals surface area contributed by atoms with Crippen molar-refractivity contribution in [2.75, 3.05) is 5.73 Å². The molecule has 0 unspecified atom stereocenters. The second-order valence-electron chi connectivity index (χ2n) is 3.09. The molecule has 0 amide bonds. The van der Waals surface area contributed by atoms with Crippen LogP contribution in [0.3, 0.4) is 0 Å². The molecule has 0 aliphatic heterocycles. The summed E-state index contributed by atoms with van der Waals surface area (Å²) in [5.41, 5.74) is 6.27. The summed E-state index contributed by atoms with van der Waals surface area (Å²) in [7, 11) is 0. The van der Waals surface area contributed by atoms with Gasteiger partial charge >= 0.3 is 0 Å². The highest BCUT2D eigenvalue weighted by Gasteiger charge is 2.02. The lowest BCUT2D eigenvalue weighted by Gasteiger charge is -2.03. The van der Waals surface area contributed by atoms with Crippen molar-refractivity contribution in [3.8, 4) is 5.75 Å². The number of rotatable bonds is 3. The van der Waals surface area contributed by atoms with Gasteiger partial charge < -0.3 is 15.0 Å². The highest BCUT2D eigenvalue weighted by atomic mass is 16.5. The van der Waals surface area contributed by atoms with Crippen LogP contribution in [-0.4, -0.2) is 10.1 Å². The number of anilines is 1. The van der Waals surface area contributed by atoms with E-state index in [1.54, 1.807) is 19.1 Å². The minimum Gasteiger partial charge on any atom is -0.485 e. The quantitative estimate of drug-likeness (QED) is 0.769. The Bertz CT molecular complexity index is 453. The summed E-state index contributed by atoms with van der Waals surface area (Å²) in [5, 5.41) is 3.71. The number of hydrogen-bond acceptors (Lipinski definition) is 5. The average Bonchev–Trinajstić information content (AvgIpc) is 2.62. The summed E-state index contributed by atoms with van der Waals surface area (Å²) in [6.07, 6.45) is 0. The molecular formula is C10H11N3O2. The van der Waals surface area contributed by atoms with E-state index >= 15 is 0 Å². The first kappa shape index (κ1) is 9.51. The highest BCUT2D eigenvalue weighted by Crippen LogP contribution is 2.15. The first-order valence-electron chi connectivity index (χ1n) is 4.51. The molecule has 15 heavy (non-hydrogen) atoms. The molecule has 2 rings (SSSR count). The van der Waals surface area contributed by atoms with E-state index in [2.05, 4.69) is 10.1 Å². The fourth-order valence-electron chi connectivity index (χ4n) is 1.15. The zero-order valence-corrected chi connectivity index (χ0v) is 8.30. The first-order valence-corrected chi connectivity index (χ1v) is 4.51. The molecule has 1 aromatic heterocycles. The van der Waals surface area contributed by atoms with Crippen molar-refractivity contribution in [1.29, 1.82) is 0 Å². The summed E-state index contributed by atoms with van der Waals surface area (Å²) in [6, 6.07) is 7.19. The van der Waals surface area contributed by atoms with Gasteiger partial charge in [-0.3, -0.25) is 0 Å². The second-order valence-corrected chi connectivity index (χ2v) is 3.09. The molecule has 2 aromatic rings. The van der Waals surface area contributed by atoms with Gasteiger partial charge in [-0.1, -0.05) is 11.2 Å². The van der Waals surface area contributed by atoms with Gasteiger partial charge in [-0.15, -0.1) is 0 Å². The third kappa shape index (κ3) is 2.46. The van der Waals surface area contributed by atoms with Crippen LogP contribution in [0.4, 0.5) is 5.69 Å². The maximum Gasteiger partial charge on any atom is 0.223 e. The minimum atomic E-state index is 0.279. The monoisotopic (exact) mass is 205 g/mol. The molecule has 0 atom stereocenters. The Hall–Kier alpha value is -2.04. The van der Waals surface area contributed by atoms with E-state index in [-0.39, 0.29) is 6.61 Å². The molecular weight excluding hydrogens is 194 g/mol. The van der Waals surface area contributed by atoms with Gasteiger partial charge in [0.25, 0.3) is 0 Å². The molecule has 0 fully saturated rings. The lowest BCUT2D eigenvalue weighted by molar-refractivity contribution is 0.286. The zero-order valence-electron chi connectivity index (χ0n) is 8.30. The number of nitrogen functional groups attached to an aromatic ring is 1. The normalized spacial score (nSPS) is 10.2. The molecule has 0 bridgehead atoms. The molecule has 1 aromatic carbocycles. The Morgan fingerprint density at radius 3 is 3.00 bits per heavy atom. The summed E-state index contributed by atoms with van der Waals surface area (Å²) >= 11 is 0. The second kappa shape index (κ2) is 4.00. The number of nitrogens with zero attached hydrogens (tertiary/aromatic N) is 2. The molecule has 0 radical (unpaired) electrons. The van der Waals surface area contributed by atoms with Gasteiger partial charge in [-0.25, -0.2) is 0 Å². The van der Waals surface area contributed by atoms with Gasteiger partial charge in [0.15, 0.2) is 6.61 Å². The summed E-state index contributed by atoms with van der Waals surface area (Å²) in [6.45, 7) is 2.01. The SMILES string of the molecule is Cc1nc(COc2cccc(N)c2)no1. The van der Waals surface area contributed by atoms with Gasteiger partial charge in [0.2, 0.25) is 11.7 Å². The lowest BCUT2D eigenvalue weighted by atomic mass is 10.3.